The van der Waals surface area contributed by atoms with Gasteiger partial charge in [-0.25, -0.2) is 4.79 Å². The Labute approximate surface area is 109 Å². The highest BCUT2D eigenvalue weighted by molar-refractivity contribution is 5.78. The topological polar surface area (TPSA) is 111 Å². The second kappa shape index (κ2) is 6.55. The molecular formula is C11H14N2O6. The van der Waals surface area contributed by atoms with Gasteiger partial charge in [0.05, 0.1) is 18.6 Å². The van der Waals surface area contributed by atoms with Crippen LogP contribution in [0.25, 0.3) is 0 Å². The first kappa shape index (κ1) is 14.7. The van der Waals surface area contributed by atoms with E-state index in [1.165, 1.54) is 32.4 Å². The molecule has 0 aliphatic heterocycles. The van der Waals surface area contributed by atoms with Crippen LogP contribution in [0.4, 0.5) is 11.4 Å². The lowest BCUT2D eigenvalue weighted by Crippen LogP contribution is -2.33. The van der Waals surface area contributed by atoms with Crippen molar-refractivity contribution in [3.05, 3.63) is 28.3 Å². The fourth-order valence-corrected chi connectivity index (χ4v) is 1.46. The van der Waals surface area contributed by atoms with Gasteiger partial charge in [-0.1, -0.05) is 0 Å². The zero-order valence-corrected chi connectivity index (χ0v) is 10.5. The van der Waals surface area contributed by atoms with Gasteiger partial charge in [-0.3, -0.25) is 10.1 Å². The molecule has 0 heterocycles. The summed E-state index contributed by atoms with van der Waals surface area (Å²) >= 11 is 0. The van der Waals surface area contributed by atoms with E-state index in [1.807, 2.05) is 0 Å². The van der Waals surface area contributed by atoms with Crippen molar-refractivity contribution in [2.24, 2.45) is 0 Å². The molecule has 0 amide bonds. The predicted octanol–water partition coefficient (Wildman–Crippen LogP) is 1.11. The molecule has 1 rings (SSSR count). The van der Waals surface area contributed by atoms with Crippen molar-refractivity contribution in [1.29, 1.82) is 0 Å². The number of carboxylic acid groups (broad SMARTS) is 1. The minimum Gasteiger partial charge on any atom is -0.490 e. The van der Waals surface area contributed by atoms with Gasteiger partial charge in [0.1, 0.15) is 6.04 Å². The molecule has 0 aliphatic rings. The number of nitrogens with one attached hydrogen (secondary N) is 1. The van der Waals surface area contributed by atoms with Crippen LogP contribution in [0.2, 0.25) is 0 Å². The van der Waals surface area contributed by atoms with Crippen LogP contribution >= 0.6 is 0 Å². The summed E-state index contributed by atoms with van der Waals surface area (Å²) in [5, 5.41) is 22.4. The molecule has 1 aromatic rings. The number of hydrogen-bond acceptors (Lipinski definition) is 6. The summed E-state index contributed by atoms with van der Waals surface area (Å²) in [5.74, 6) is -1.03. The van der Waals surface area contributed by atoms with Crippen molar-refractivity contribution < 1.29 is 24.3 Å². The lowest BCUT2D eigenvalue weighted by Gasteiger charge is -2.15. The van der Waals surface area contributed by atoms with E-state index in [-0.39, 0.29) is 18.0 Å². The quantitative estimate of drug-likeness (QED) is 0.564. The second-order valence-electron chi connectivity index (χ2n) is 3.63. The van der Waals surface area contributed by atoms with E-state index in [9.17, 15) is 14.9 Å². The van der Waals surface area contributed by atoms with Crippen LogP contribution in [-0.2, 0) is 9.53 Å². The van der Waals surface area contributed by atoms with Gasteiger partial charge in [-0.05, 0) is 6.07 Å². The summed E-state index contributed by atoms with van der Waals surface area (Å²) in [6, 6.07) is 3.07. The maximum atomic E-state index is 10.9. The standard InChI is InChI=1S/C11H14N2O6/c1-18-6-8(11(14)15)12-7-3-4-9(13(16)17)10(5-7)19-2/h3-5,8,12H,6H2,1-2H3,(H,14,15). The van der Waals surface area contributed by atoms with Gasteiger partial charge in [0.2, 0.25) is 0 Å². The molecule has 0 aliphatic carbocycles. The van der Waals surface area contributed by atoms with Crippen LogP contribution in [0.5, 0.6) is 5.75 Å². The summed E-state index contributed by atoms with van der Waals surface area (Å²) < 4.78 is 9.66. The Balaban J connectivity index is 2.95. The molecule has 0 saturated carbocycles. The molecule has 1 atom stereocenters. The molecule has 0 aromatic heterocycles. The molecule has 8 heteroatoms. The Morgan fingerprint density at radius 1 is 1.53 bits per heavy atom. The van der Waals surface area contributed by atoms with Gasteiger partial charge in [0.15, 0.2) is 5.75 Å². The van der Waals surface area contributed by atoms with Crippen LogP contribution in [0.3, 0.4) is 0 Å². The average molecular weight is 270 g/mol. The van der Waals surface area contributed by atoms with Crippen LogP contribution < -0.4 is 10.1 Å². The number of methoxy groups -OCH3 is 2. The van der Waals surface area contributed by atoms with E-state index in [2.05, 4.69) is 5.32 Å². The van der Waals surface area contributed by atoms with Gasteiger partial charge in [-0.2, -0.15) is 0 Å². The maximum absolute atomic E-state index is 10.9. The third-order valence-electron chi connectivity index (χ3n) is 2.35. The van der Waals surface area contributed by atoms with Crippen LogP contribution in [0.15, 0.2) is 18.2 Å². The van der Waals surface area contributed by atoms with E-state index >= 15 is 0 Å². The second-order valence-corrected chi connectivity index (χ2v) is 3.63. The fourth-order valence-electron chi connectivity index (χ4n) is 1.46. The summed E-state index contributed by atoms with van der Waals surface area (Å²) in [6.45, 7) is -0.0331. The van der Waals surface area contributed by atoms with Crippen LogP contribution in [0, 0.1) is 10.1 Å². The predicted molar refractivity (Wildman–Crippen MR) is 66.6 cm³/mol. The molecule has 8 nitrogen and oxygen atoms in total. The first-order chi connectivity index (χ1) is 8.99. The summed E-state index contributed by atoms with van der Waals surface area (Å²) in [6.07, 6.45) is 0. The highest BCUT2D eigenvalue weighted by Crippen LogP contribution is 2.29. The van der Waals surface area contributed by atoms with Crippen molar-refractivity contribution >= 4 is 17.3 Å². The van der Waals surface area contributed by atoms with Crippen LogP contribution in [0.1, 0.15) is 0 Å². The van der Waals surface area contributed by atoms with Crippen molar-refractivity contribution in [2.45, 2.75) is 6.04 Å². The number of nitro benzene ring substituents is 1. The SMILES string of the molecule is COCC(Nc1ccc([N+](=O)[O-])c(OC)c1)C(=O)O. The fraction of sp³-hybridized carbons (Fsp3) is 0.364. The zero-order chi connectivity index (χ0) is 14.4. The van der Waals surface area contributed by atoms with Crippen molar-refractivity contribution in [3.63, 3.8) is 0 Å². The van der Waals surface area contributed by atoms with E-state index in [1.54, 1.807) is 0 Å². The zero-order valence-electron chi connectivity index (χ0n) is 10.5. The number of carboxylic acids is 1. The Kier molecular flexibility index (Phi) is 5.07. The Bertz CT molecular complexity index is 476. The third kappa shape index (κ3) is 3.81. The molecule has 0 fully saturated rings. The third-order valence-corrected chi connectivity index (χ3v) is 2.35. The van der Waals surface area contributed by atoms with Crippen molar-refractivity contribution in [3.8, 4) is 5.75 Å². The molecule has 1 unspecified atom stereocenters. The van der Waals surface area contributed by atoms with Crippen LogP contribution in [-0.4, -0.2) is 42.9 Å². The normalized spacial score (nSPS) is 11.7. The number of anilines is 1. The summed E-state index contributed by atoms with van der Waals surface area (Å²) in [5.41, 5.74) is 0.207. The number of benzene rings is 1. The Hall–Kier alpha value is -2.35. The monoisotopic (exact) mass is 270 g/mol. The lowest BCUT2D eigenvalue weighted by atomic mass is 10.2. The van der Waals surface area contributed by atoms with Gasteiger partial charge >= 0.3 is 11.7 Å². The molecule has 2 N–H and O–H groups in total. The maximum Gasteiger partial charge on any atom is 0.328 e. The van der Waals surface area contributed by atoms with E-state index in [4.69, 9.17) is 14.6 Å². The van der Waals surface area contributed by atoms with E-state index in [0.717, 1.165) is 0 Å². The highest BCUT2D eigenvalue weighted by Gasteiger charge is 2.19. The van der Waals surface area contributed by atoms with Gasteiger partial charge in [0.25, 0.3) is 0 Å². The number of ether oxygens (including phenoxy) is 2. The molecule has 104 valence electrons. The van der Waals surface area contributed by atoms with E-state index in [0.29, 0.717) is 5.69 Å². The molecule has 0 bridgehead atoms. The number of carbonyl (C=O) groups is 1. The Morgan fingerprint density at radius 3 is 2.68 bits per heavy atom. The average Bonchev–Trinajstić information content (AvgIpc) is 2.37. The van der Waals surface area contributed by atoms with Gasteiger partial charge in [0, 0.05) is 24.9 Å². The number of hydrogen-bond donors (Lipinski definition) is 2. The molecule has 0 radical (unpaired) electrons. The first-order valence-electron chi connectivity index (χ1n) is 5.30. The molecular weight excluding hydrogens is 256 g/mol. The number of nitro groups is 1. The highest BCUT2D eigenvalue weighted by atomic mass is 16.6. The number of nitrogens with zero attached hydrogens (tertiary/aromatic N) is 1. The van der Waals surface area contributed by atoms with Gasteiger partial charge < -0.3 is 19.9 Å². The largest absolute Gasteiger partial charge is 0.490 e. The summed E-state index contributed by atoms with van der Waals surface area (Å²) in [4.78, 5) is 21.1. The van der Waals surface area contributed by atoms with Crippen molar-refractivity contribution in [2.75, 3.05) is 26.1 Å². The van der Waals surface area contributed by atoms with Gasteiger partial charge in [-0.15, -0.1) is 0 Å². The molecule has 0 saturated heterocycles. The van der Waals surface area contributed by atoms with Crippen molar-refractivity contribution in [1.82, 2.24) is 0 Å². The molecule has 1 aromatic carbocycles. The molecule has 19 heavy (non-hydrogen) atoms. The number of aliphatic carboxylic acids is 1. The minimum atomic E-state index is -1.08. The van der Waals surface area contributed by atoms with E-state index < -0.39 is 16.9 Å². The smallest absolute Gasteiger partial charge is 0.328 e. The lowest BCUT2D eigenvalue weighted by molar-refractivity contribution is -0.385. The number of rotatable bonds is 7. The minimum absolute atomic E-state index is 0.0331. The first-order valence-corrected chi connectivity index (χ1v) is 5.30. The Morgan fingerprint density at radius 2 is 2.21 bits per heavy atom. The molecule has 0 spiro atoms. The summed E-state index contributed by atoms with van der Waals surface area (Å²) in [7, 11) is 2.68.